The van der Waals surface area contributed by atoms with Crippen LogP contribution in [0.2, 0.25) is 0 Å². The van der Waals surface area contributed by atoms with Crippen molar-refractivity contribution in [2.45, 2.75) is 37.5 Å². The molecule has 6 nitrogen and oxygen atoms in total. The Bertz CT molecular complexity index is 1080. The molecular formula is C21H22N2O4S. The summed E-state index contributed by atoms with van der Waals surface area (Å²) in [6.45, 7) is 2.54. The minimum absolute atomic E-state index is 0.104. The molecule has 0 spiro atoms. The Hall–Kier alpha value is -2.67. The van der Waals surface area contributed by atoms with Gasteiger partial charge in [0.05, 0.1) is 16.3 Å². The van der Waals surface area contributed by atoms with E-state index in [1.807, 2.05) is 25.1 Å². The summed E-state index contributed by atoms with van der Waals surface area (Å²) in [6.07, 6.45) is 1.54. The van der Waals surface area contributed by atoms with Gasteiger partial charge in [-0.1, -0.05) is 12.1 Å². The second kappa shape index (κ2) is 7.05. The Balaban J connectivity index is 1.49. The summed E-state index contributed by atoms with van der Waals surface area (Å²) in [5.74, 6) is -0.464. The van der Waals surface area contributed by atoms with Crippen LogP contribution in [0.4, 0.5) is 11.4 Å². The van der Waals surface area contributed by atoms with Gasteiger partial charge in [0.1, 0.15) is 0 Å². The first-order valence-electron chi connectivity index (χ1n) is 9.39. The molecule has 0 saturated heterocycles. The number of rotatable bonds is 5. The standard InChI is InChI=1S/C21H22N2O4S/c1-14-3-2-4-17(11-14)22-19(24)8-10-28(26,27)18-12-15-5-6-20(25)23-9-7-16(13-18)21(15)23/h2-4,11-13H,5-10H2,1H3,(H,22,24). The van der Waals surface area contributed by atoms with Gasteiger partial charge < -0.3 is 10.2 Å². The van der Waals surface area contributed by atoms with Crippen molar-refractivity contribution < 1.29 is 18.0 Å². The Morgan fingerprint density at radius 1 is 1.11 bits per heavy atom. The number of nitrogens with one attached hydrogen (secondary N) is 1. The fourth-order valence-electron chi connectivity index (χ4n) is 3.90. The third-order valence-electron chi connectivity index (χ3n) is 5.28. The third-order valence-corrected chi connectivity index (χ3v) is 6.98. The van der Waals surface area contributed by atoms with Gasteiger partial charge in [0.2, 0.25) is 11.8 Å². The molecule has 4 rings (SSSR count). The minimum Gasteiger partial charge on any atom is -0.326 e. The van der Waals surface area contributed by atoms with Gasteiger partial charge in [-0.3, -0.25) is 9.59 Å². The molecule has 7 heteroatoms. The zero-order valence-electron chi connectivity index (χ0n) is 15.7. The van der Waals surface area contributed by atoms with Crippen LogP contribution in [0.25, 0.3) is 0 Å². The molecule has 0 aliphatic carbocycles. The zero-order chi connectivity index (χ0) is 19.9. The highest BCUT2D eigenvalue weighted by atomic mass is 32.2. The first-order chi connectivity index (χ1) is 13.3. The highest BCUT2D eigenvalue weighted by Gasteiger charge is 2.32. The first kappa shape index (κ1) is 18.7. The zero-order valence-corrected chi connectivity index (χ0v) is 16.5. The lowest BCUT2D eigenvalue weighted by Gasteiger charge is -2.25. The molecule has 2 heterocycles. The van der Waals surface area contributed by atoms with E-state index in [2.05, 4.69) is 5.32 Å². The van der Waals surface area contributed by atoms with E-state index in [0.29, 0.717) is 31.5 Å². The Morgan fingerprint density at radius 2 is 1.86 bits per heavy atom. The van der Waals surface area contributed by atoms with E-state index < -0.39 is 9.84 Å². The Morgan fingerprint density at radius 3 is 2.61 bits per heavy atom. The molecule has 0 fully saturated rings. The molecular weight excluding hydrogens is 376 g/mol. The van der Waals surface area contributed by atoms with Crippen LogP contribution in [0.3, 0.4) is 0 Å². The highest BCUT2D eigenvalue weighted by molar-refractivity contribution is 7.91. The molecule has 146 valence electrons. The van der Waals surface area contributed by atoms with Crippen molar-refractivity contribution in [3.05, 3.63) is 53.1 Å². The van der Waals surface area contributed by atoms with Crippen LogP contribution in [0.5, 0.6) is 0 Å². The van der Waals surface area contributed by atoms with Crippen molar-refractivity contribution in [1.29, 1.82) is 0 Å². The summed E-state index contributed by atoms with van der Waals surface area (Å²) < 4.78 is 25.6. The molecule has 28 heavy (non-hydrogen) atoms. The number of amides is 2. The van der Waals surface area contributed by atoms with Crippen molar-refractivity contribution in [2.75, 3.05) is 22.5 Å². The fraction of sp³-hybridized carbons (Fsp3) is 0.333. The Labute approximate surface area is 164 Å². The highest BCUT2D eigenvalue weighted by Crippen LogP contribution is 2.38. The Kier molecular flexibility index (Phi) is 4.71. The number of hydrogen-bond acceptors (Lipinski definition) is 4. The van der Waals surface area contributed by atoms with Crippen molar-refractivity contribution in [3.8, 4) is 0 Å². The normalized spacial score (nSPS) is 15.5. The van der Waals surface area contributed by atoms with E-state index in [0.717, 1.165) is 22.4 Å². The first-order valence-corrected chi connectivity index (χ1v) is 11.0. The van der Waals surface area contributed by atoms with Crippen LogP contribution in [0.1, 0.15) is 29.5 Å². The van der Waals surface area contributed by atoms with Gasteiger partial charge >= 0.3 is 0 Å². The summed E-state index contributed by atoms with van der Waals surface area (Å²) in [6, 6.07) is 10.7. The van der Waals surface area contributed by atoms with Gasteiger partial charge in [-0.05, 0) is 60.7 Å². The number of hydrogen-bond donors (Lipinski definition) is 1. The van der Waals surface area contributed by atoms with Crippen LogP contribution in [0.15, 0.2) is 41.3 Å². The number of benzene rings is 2. The SMILES string of the molecule is Cc1cccc(NC(=O)CCS(=O)(=O)c2cc3c4c(c2)CCN4C(=O)CC3)c1. The van der Waals surface area contributed by atoms with E-state index in [-0.39, 0.29) is 28.9 Å². The van der Waals surface area contributed by atoms with Gasteiger partial charge in [-0.25, -0.2) is 8.42 Å². The van der Waals surface area contributed by atoms with Crippen LogP contribution >= 0.6 is 0 Å². The molecule has 0 aromatic heterocycles. The van der Waals surface area contributed by atoms with Crippen LogP contribution in [0, 0.1) is 6.92 Å². The number of carbonyl (C=O) groups excluding carboxylic acids is 2. The summed E-state index contributed by atoms with van der Waals surface area (Å²) in [5.41, 5.74) is 4.40. The van der Waals surface area contributed by atoms with Crippen molar-refractivity contribution >= 4 is 33.0 Å². The van der Waals surface area contributed by atoms with E-state index in [9.17, 15) is 18.0 Å². The average Bonchev–Trinajstić information content (AvgIpc) is 3.09. The second-order valence-electron chi connectivity index (χ2n) is 7.37. The minimum atomic E-state index is -3.58. The van der Waals surface area contributed by atoms with Crippen molar-refractivity contribution in [1.82, 2.24) is 0 Å². The summed E-state index contributed by atoms with van der Waals surface area (Å²) in [4.78, 5) is 26.2. The maximum absolute atomic E-state index is 12.8. The van der Waals surface area contributed by atoms with Gasteiger partial charge in [-0.2, -0.15) is 0 Å². The smallest absolute Gasteiger partial charge is 0.227 e. The molecule has 0 unspecified atom stereocenters. The van der Waals surface area contributed by atoms with Gasteiger partial charge in [-0.15, -0.1) is 0 Å². The molecule has 0 saturated carbocycles. The maximum Gasteiger partial charge on any atom is 0.227 e. The number of nitrogens with zero attached hydrogens (tertiary/aromatic N) is 1. The van der Waals surface area contributed by atoms with Crippen LogP contribution < -0.4 is 10.2 Å². The lowest BCUT2D eigenvalue weighted by molar-refractivity contribution is -0.119. The lowest BCUT2D eigenvalue weighted by atomic mass is 10.00. The largest absolute Gasteiger partial charge is 0.326 e. The fourth-order valence-corrected chi connectivity index (χ4v) is 5.23. The predicted molar refractivity (Wildman–Crippen MR) is 107 cm³/mol. The molecule has 0 atom stereocenters. The maximum atomic E-state index is 12.8. The molecule has 2 aromatic rings. The summed E-state index contributed by atoms with van der Waals surface area (Å²) in [5, 5.41) is 2.74. The number of sulfone groups is 1. The van der Waals surface area contributed by atoms with Gasteiger partial charge in [0.15, 0.2) is 9.84 Å². The summed E-state index contributed by atoms with van der Waals surface area (Å²) >= 11 is 0. The van der Waals surface area contributed by atoms with E-state index in [1.165, 1.54) is 0 Å². The van der Waals surface area contributed by atoms with Crippen LogP contribution in [-0.4, -0.2) is 32.5 Å². The quantitative estimate of drug-likeness (QED) is 0.839. The van der Waals surface area contributed by atoms with Crippen molar-refractivity contribution in [2.24, 2.45) is 0 Å². The monoisotopic (exact) mass is 398 g/mol. The number of anilines is 2. The number of carbonyl (C=O) groups is 2. The second-order valence-corrected chi connectivity index (χ2v) is 9.48. The molecule has 0 radical (unpaired) electrons. The topological polar surface area (TPSA) is 83.6 Å². The molecule has 1 N–H and O–H groups in total. The van der Waals surface area contributed by atoms with E-state index >= 15 is 0 Å². The van der Waals surface area contributed by atoms with E-state index in [4.69, 9.17) is 0 Å². The lowest BCUT2D eigenvalue weighted by Crippen LogP contribution is -2.32. The van der Waals surface area contributed by atoms with Gasteiger partial charge in [0, 0.05) is 25.1 Å². The summed E-state index contributed by atoms with van der Waals surface area (Å²) in [7, 11) is -3.58. The van der Waals surface area contributed by atoms with Crippen molar-refractivity contribution in [3.63, 3.8) is 0 Å². The average molecular weight is 398 g/mol. The van der Waals surface area contributed by atoms with Gasteiger partial charge in [0.25, 0.3) is 0 Å². The van der Waals surface area contributed by atoms with E-state index in [1.54, 1.807) is 23.1 Å². The molecule has 2 aliphatic heterocycles. The molecule has 0 bridgehead atoms. The molecule has 2 aromatic carbocycles. The molecule has 2 amide bonds. The predicted octanol–water partition coefficient (Wildman–Crippen LogP) is 2.63. The van der Waals surface area contributed by atoms with Crippen LogP contribution in [-0.2, 0) is 32.3 Å². The molecule has 2 aliphatic rings. The number of aryl methyl sites for hydroxylation is 2. The third kappa shape index (κ3) is 3.54.